The van der Waals surface area contributed by atoms with Crippen LogP contribution in [0, 0.1) is 5.92 Å². The average molecular weight is 318 g/mol. The van der Waals surface area contributed by atoms with Crippen molar-refractivity contribution < 1.29 is 13.2 Å². The lowest BCUT2D eigenvalue weighted by atomic mass is 10.1. The summed E-state index contributed by atoms with van der Waals surface area (Å²) >= 11 is 1.25. The molecule has 1 aromatic rings. The van der Waals surface area contributed by atoms with E-state index in [4.69, 9.17) is 5.73 Å². The Kier molecular flexibility index (Phi) is 4.38. The normalized spacial score (nSPS) is 22.8. The van der Waals surface area contributed by atoms with E-state index in [1.54, 1.807) is 11.5 Å². The van der Waals surface area contributed by atoms with E-state index < -0.39 is 15.7 Å². The van der Waals surface area contributed by atoms with Gasteiger partial charge in [-0.2, -0.15) is 0 Å². The van der Waals surface area contributed by atoms with E-state index in [0.717, 1.165) is 5.82 Å². The molecule has 2 rings (SSSR count). The number of primary amides is 1. The van der Waals surface area contributed by atoms with Gasteiger partial charge in [0, 0.05) is 13.5 Å². The van der Waals surface area contributed by atoms with E-state index in [9.17, 15) is 13.2 Å². The Hall–Kier alpha value is -1.09. The molecule has 0 saturated carbocycles. The minimum atomic E-state index is -2.88. The number of thioether (sulfide) groups is 1. The Bertz CT molecular complexity index is 611. The Morgan fingerprint density at radius 1 is 1.55 bits per heavy atom. The summed E-state index contributed by atoms with van der Waals surface area (Å²) in [4.78, 5) is 11.0. The molecule has 1 amide bonds. The summed E-state index contributed by atoms with van der Waals surface area (Å²) in [5.41, 5.74) is 5.22. The van der Waals surface area contributed by atoms with Gasteiger partial charge >= 0.3 is 0 Å². The summed E-state index contributed by atoms with van der Waals surface area (Å²) in [6.07, 6.45) is 1.27. The van der Waals surface area contributed by atoms with E-state index in [0.29, 0.717) is 18.0 Å². The van der Waals surface area contributed by atoms with Crippen molar-refractivity contribution in [2.24, 2.45) is 18.7 Å². The van der Waals surface area contributed by atoms with Crippen LogP contribution in [0.4, 0.5) is 0 Å². The van der Waals surface area contributed by atoms with Crippen molar-refractivity contribution in [3.8, 4) is 0 Å². The third-order valence-electron chi connectivity index (χ3n) is 3.41. The Balaban J connectivity index is 2.04. The summed E-state index contributed by atoms with van der Waals surface area (Å²) < 4.78 is 24.7. The molecule has 0 bridgehead atoms. The molecule has 1 aliphatic heterocycles. The summed E-state index contributed by atoms with van der Waals surface area (Å²) in [7, 11) is -1.06. The Labute approximate surface area is 122 Å². The molecule has 0 aliphatic carbocycles. The maximum Gasteiger partial charge on any atom is 0.230 e. The maximum absolute atomic E-state index is 11.4. The lowest BCUT2D eigenvalue weighted by molar-refractivity contribution is -0.117. The van der Waals surface area contributed by atoms with E-state index in [1.165, 1.54) is 11.8 Å². The van der Waals surface area contributed by atoms with E-state index in [2.05, 4.69) is 10.2 Å². The minimum Gasteiger partial charge on any atom is -0.369 e. The highest BCUT2D eigenvalue weighted by Crippen LogP contribution is 2.25. The molecule has 2 N–H and O–H groups in total. The Morgan fingerprint density at radius 3 is 2.80 bits per heavy atom. The topological polar surface area (TPSA) is 108 Å². The van der Waals surface area contributed by atoms with Gasteiger partial charge in [0.2, 0.25) is 5.91 Å². The van der Waals surface area contributed by atoms with Crippen molar-refractivity contribution in [2.45, 2.75) is 30.2 Å². The van der Waals surface area contributed by atoms with Crippen LogP contribution in [0.3, 0.4) is 0 Å². The lowest BCUT2D eigenvalue weighted by Crippen LogP contribution is -2.23. The van der Waals surface area contributed by atoms with Crippen LogP contribution in [0.15, 0.2) is 5.16 Å². The van der Waals surface area contributed by atoms with Crippen LogP contribution in [-0.2, 0) is 28.1 Å². The van der Waals surface area contributed by atoms with E-state index in [1.807, 2.05) is 7.05 Å². The van der Waals surface area contributed by atoms with Gasteiger partial charge in [0.05, 0.1) is 16.8 Å². The third kappa shape index (κ3) is 3.51. The minimum absolute atomic E-state index is 0.106. The lowest BCUT2D eigenvalue weighted by Gasteiger charge is -2.09. The van der Waals surface area contributed by atoms with Gasteiger partial charge in [0.25, 0.3) is 0 Å². The van der Waals surface area contributed by atoms with Crippen molar-refractivity contribution in [3.05, 3.63) is 5.82 Å². The molecular formula is C11H18N4O3S2. The monoisotopic (exact) mass is 318 g/mol. The fraction of sp³-hybridized carbons (Fsp3) is 0.727. The molecule has 1 aliphatic rings. The number of hydrogen-bond acceptors (Lipinski definition) is 6. The first kappa shape index (κ1) is 15.3. The van der Waals surface area contributed by atoms with Gasteiger partial charge in [-0.05, 0) is 19.3 Å². The van der Waals surface area contributed by atoms with Gasteiger partial charge in [-0.25, -0.2) is 8.42 Å². The molecule has 20 heavy (non-hydrogen) atoms. The smallest absolute Gasteiger partial charge is 0.230 e. The fourth-order valence-corrected chi connectivity index (χ4v) is 4.78. The van der Waals surface area contributed by atoms with Crippen LogP contribution >= 0.6 is 11.8 Å². The van der Waals surface area contributed by atoms with Crippen molar-refractivity contribution in [1.82, 2.24) is 14.8 Å². The number of nitrogens with two attached hydrogens (primary N) is 1. The molecule has 1 saturated heterocycles. The van der Waals surface area contributed by atoms with Crippen LogP contribution in [-0.4, -0.2) is 45.8 Å². The maximum atomic E-state index is 11.4. The highest BCUT2D eigenvalue weighted by Gasteiger charge is 2.29. The predicted octanol–water partition coefficient (Wildman–Crippen LogP) is -0.242. The quantitative estimate of drug-likeness (QED) is 0.751. The van der Waals surface area contributed by atoms with Gasteiger partial charge in [-0.15, -0.1) is 10.2 Å². The van der Waals surface area contributed by atoms with Crippen molar-refractivity contribution in [2.75, 3.05) is 11.5 Å². The predicted molar refractivity (Wildman–Crippen MR) is 76.0 cm³/mol. The molecule has 0 spiro atoms. The molecular weight excluding hydrogens is 300 g/mol. The first-order valence-corrected chi connectivity index (χ1v) is 9.03. The molecule has 0 unspecified atom stereocenters. The molecule has 2 atom stereocenters. The van der Waals surface area contributed by atoms with Crippen LogP contribution in [0.5, 0.6) is 0 Å². The van der Waals surface area contributed by atoms with Gasteiger partial charge in [0.15, 0.2) is 15.0 Å². The Morgan fingerprint density at radius 2 is 2.25 bits per heavy atom. The number of nitrogens with zero attached hydrogens (tertiary/aromatic N) is 3. The van der Waals surface area contributed by atoms with Crippen LogP contribution in [0.25, 0.3) is 0 Å². The molecule has 0 radical (unpaired) electrons. The molecule has 2 heterocycles. The van der Waals surface area contributed by atoms with Crippen LogP contribution in [0.2, 0.25) is 0 Å². The molecule has 9 heteroatoms. The number of hydrogen-bond donors (Lipinski definition) is 1. The molecule has 0 aromatic carbocycles. The summed E-state index contributed by atoms with van der Waals surface area (Å²) in [6, 6.07) is 0. The van der Waals surface area contributed by atoms with E-state index >= 15 is 0 Å². The van der Waals surface area contributed by atoms with Crippen molar-refractivity contribution >= 4 is 27.5 Å². The molecule has 7 nitrogen and oxygen atoms in total. The van der Waals surface area contributed by atoms with Crippen LogP contribution < -0.4 is 5.73 Å². The zero-order valence-electron chi connectivity index (χ0n) is 11.4. The van der Waals surface area contributed by atoms with Crippen LogP contribution in [0.1, 0.15) is 19.2 Å². The molecule has 1 fully saturated rings. The zero-order chi connectivity index (χ0) is 14.9. The van der Waals surface area contributed by atoms with Gasteiger partial charge in [-0.3, -0.25) is 4.79 Å². The molecule has 112 valence electrons. The SMILES string of the molecule is C[C@H](Sc1nnc(C[C@@H]2CCS(=O)(=O)C2)n1C)C(N)=O. The third-order valence-corrected chi connectivity index (χ3v) is 6.40. The second kappa shape index (κ2) is 5.72. The second-order valence-electron chi connectivity index (χ2n) is 5.09. The number of amides is 1. The number of aromatic nitrogens is 3. The summed E-state index contributed by atoms with van der Waals surface area (Å²) in [6.45, 7) is 1.71. The zero-order valence-corrected chi connectivity index (χ0v) is 13.1. The second-order valence-corrected chi connectivity index (χ2v) is 8.63. The number of rotatable bonds is 5. The highest BCUT2D eigenvalue weighted by atomic mass is 32.2. The average Bonchev–Trinajstić information content (AvgIpc) is 2.86. The first-order chi connectivity index (χ1) is 9.28. The first-order valence-electron chi connectivity index (χ1n) is 6.33. The van der Waals surface area contributed by atoms with Crippen molar-refractivity contribution in [1.29, 1.82) is 0 Å². The van der Waals surface area contributed by atoms with E-state index in [-0.39, 0.29) is 22.7 Å². The standard InChI is InChI=1S/C11H18N4O3S2/c1-7(10(12)16)19-11-14-13-9(15(11)2)5-8-3-4-20(17,18)6-8/h7-8H,3-6H2,1-2H3,(H2,12,16)/t7-,8-/m0/s1. The number of sulfone groups is 1. The number of carbonyl (C=O) groups excluding carboxylic acids is 1. The van der Waals surface area contributed by atoms with Gasteiger partial charge < -0.3 is 10.3 Å². The van der Waals surface area contributed by atoms with Gasteiger partial charge in [0.1, 0.15) is 5.82 Å². The van der Waals surface area contributed by atoms with Crippen molar-refractivity contribution in [3.63, 3.8) is 0 Å². The molecule has 1 aromatic heterocycles. The number of carbonyl (C=O) groups is 1. The highest BCUT2D eigenvalue weighted by molar-refractivity contribution is 8.00. The van der Waals surface area contributed by atoms with Gasteiger partial charge in [-0.1, -0.05) is 11.8 Å². The summed E-state index contributed by atoms with van der Waals surface area (Å²) in [5.74, 6) is 0.928. The summed E-state index contributed by atoms with van der Waals surface area (Å²) in [5, 5.41) is 8.36. The largest absolute Gasteiger partial charge is 0.369 e. The fourth-order valence-electron chi connectivity index (χ4n) is 2.13.